The molecule has 2 heterocycles. The van der Waals surface area contributed by atoms with Crippen LogP contribution in [0.25, 0.3) is 0 Å². The van der Waals surface area contributed by atoms with E-state index in [0.717, 1.165) is 4.88 Å². The fraction of sp³-hybridized carbons (Fsp3) is 0.0714. The minimum atomic E-state index is -1.31. The van der Waals surface area contributed by atoms with Crippen LogP contribution in [0.5, 0.6) is 0 Å². The maximum atomic E-state index is 9.08. The number of fused-ring (bicyclic) bond motifs is 1. The van der Waals surface area contributed by atoms with Gasteiger partial charge >= 0.3 is 0 Å². The van der Waals surface area contributed by atoms with Crippen molar-refractivity contribution < 1.29 is 0 Å². The third kappa shape index (κ3) is 1.82. The lowest BCUT2D eigenvalue weighted by atomic mass is 10.0. The van der Waals surface area contributed by atoms with Gasteiger partial charge in [-0.15, -0.1) is 11.3 Å². The van der Waals surface area contributed by atoms with Crippen LogP contribution in [-0.2, 0) is 4.33 Å². The number of alkyl halides is 2. The summed E-state index contributed by atoms with van der Waals surface area (Å²) in [6.45, 7) is 0. The van der Waals surface area contributed by atoms with E-state index in [1.54, 1.807) is 6.07 Å². The van der Waals surface area contributed by atoms with Crippen molar-refractivity contribution in [1.82, 2.24) is 0 Å². The molecule has 1 aliphatic rings. The monoisotopic (exact) mass is 317 g/mol. The van der Waals surface area contributed by atoms with Gasteiger partial charge in [-0.2, -0.15) is 10.5 Å². The Morgan fingerprint density at radius 2 is 1.85 bits per heavy atom. The fourth-order valence-corrected chi connectivity index (χ4v) is 3.53. The average molecular weight is 318 g/mol. The summed E-state index contributed by atoms with van der Waals surface area (Å²) in [5.74, 6) is 0. The van der Waals surface area contributed by atoms with Gasteiger partial charge in [-0.05, 0) is 23.6 Å². The number of nitriles is 2. The lowest BCUT2D eigenvalue weighted by Gasteiger charge is -2.16. The highest BCUT2D eigenvalue weighted by Gasteiger charge is 2.42. The molecular formula is C14H5Cl2N3S. The Balaban J connectivity index is 2.23. The molecule has 0 bridgehead atoms. The Bertz CT molecular complexity index is 808. The molecule has 6 heteroatoms. The molecule has 20 heavy (non-hydrogen) atoms. The summed E-state index contributed by atoms with van der Waals surface area (Å²) in [5, 5.41) is 20.0. The molecule has 0 aliphatic carbocycles. The Hall–Kier alpha value is -1.85. The van der Waals surface area contributed by atoms with E-state index in [1.807, 2.05) is 29.7 Å². The topological polar surface area (TPSA) is 59.9 Å². The highest BCUT2D eigenvalue weighted by atomic mass is 35.5. The van der Waals surface area contributed by atoms with Crippen LogP contribution in [-0.4, -0.2) is 5.71 Å². The van der Waals surface area contributed by atoms with Gasteiger partial charge in [-0.25, -0.2) is 4.99 Å². The van der Waals surface area contributed by atoms with E-state index in [1.165, 1.54) is 17.4 Å². The lowest BCUT2D eigenvalue weighted by molar-refractivity contribution is 1.21. The first-order chi connectivity index (χ1) is 9.57. The van der Waals surface area contributed by atoms with Crippen LogP contribution in [0.2, 0.25) is 0 Å². The van der Waals surface area contributed by atoms with E-state index in [2.05, 4.69) is 4.99 Å². The molecule has 0 spiro atoms. The SMILES string of the molecule is N#Cc1cc2c(cc1C#N)C(Cl)(Cl)C(c1cccs1)=N2. The number of thiophene rings is 1. The maximum Gasteiger partial charge on any atom is 0.188 e. The Kier molecular flexibility index (Phi) is 3.03. The van der Waals surface area contributed by atoms with Crippen molar-refractivity contribution in [2.24, 2.45) is 4.99 Å². The zero-order chi connectivity index (χ0) is 14.3. The van der Waals surface area contributed by atoms with Crippen molar-refractivity contribution >= 4 is 45.9 Å². The molecule has 0 atom stereocenters. The van der Waals surface area contributed by atoms with Crippen molar-refractivity contribution in [3.05, 3.63) is 51.2 Å². The minimum Gasteiger partial charge on any atom is -0.248 e. The molecule has 1 aromatic heterocycles. The predicted molar refractivity (Wildman–Crippen MR) is 79.8 cm³/mol. The first-order valence-electron chi connectivity index (χ1n) is 5.57. The first kappa shape index (κ1) is 13.1. The number of hydrogen-bond acceptors (Lipinski definition) is 4. The van der Waals surface area contributed by atoms with E-state index >= 15 is 0 Å². The molecule has 0 saturated heterocycles. The Morgan fingerprint density at radius 1 is 1.15 bits per heavy atom. The standard InChI is InChI=1S/C14H5Cl2N3S/c15-14(16)10-4-8(6-17)9(7-18)5-11(10)19-13(14)12-2-1-3-20-12/h1-5H. The fourth-order valence-electron chi connectivity index (χ4n) is 2.06. The second-order valence-electron chi connectivity index (χ2n) is 4.15. The maximum absolute atomic E-state index is 9.08. The molecule has 0 fully saturated rings. The van der Waals surface area contributed by atoms with Crippen molar-refractivity contribution in [2.75, 3.05) is 0 Å². The van der Waals surface area contributed by atoms with Crippen molar-refractivity contribution in [1.29, 1.82) is 10.5 Å². The highest BCUT2D eigenvalue weighted by Crippen LogP contribution is 2.49. The first-order valence-corrected chi connectivity index (χ1v) is 7.21. The summed E-state index contributed by atoms with van der Waals surface area (Å²) in [5.41, 5.74) is 2.13. The summed E-state index contributed by atoms with van der Waals surface area (Å²) in [4.78, 5) is 5.30. The summed E-state index contributed by atoms with van der Waals surface area (Å²) >= 11 is 14.3. The second-order valence-corrected chi connectivity index (χ2v) is 6.43. The van der Waals surface area contributed by atoms with Crippen LogP contribution in [0.15, 0.2) is 34.6 Å². The smallest absolute Gasteiger partial charge is 0.188 e. The lowest BCUT2D eigenvalue weighted by Crippen LogP contribution is -2.19. The van der Waals surface area contributed by atoms with Crippen LogP contribution in [0.3, 0.4) is 0 Å². The minimum absolute atomic E-state index is 0.250. The third-order valence-electron chi connectivity index (χ3n) is 3.00. The van der Waals surface area contributed by atoms with Crippen LogP contribution in [0.4, 0.5) is 5.69 Å². The van der Waals surface area contributed by atoms with Gasteiger partial charge in [0.05, 0.1) is 27.4 Å². The molecule has 3 rings (SSSR count). The molecule has 0 saturated carbocycles. The molecule has 1 aromatic carbocycles. The summed E-state index contributed by atoms with van der Waals surface area (Å²) < 4.78 is -1.31. The molecule has 96 valence electrons. The van der Waals surface area contributed by atoms with E-state index < -0.39 is 4.33 Å². The van der Waals surface area contributed by atoms with Gasteiger partial charge < -0.3 is 0 Å². The zero-order valence-electron chi connectivity index (χ0n) is 9.89. The number of halogens is 2. The quantitative estimate of drug-likeness (QED) is 0.738. The van der Waals surface area contributed by atoms with Gasteiger partial charge in [0.1, 0.15) is 12.1 Å². The van der Waals surface area contributed by atoms with Gasteiger partial charge in [0.15, 0.2) is 4.33 Å². The highest BCUT2D eigenvalue weighted by molar-refractivity contribution is 7.12. The van der Waals surface area contributed by atoms with Gasteiger partial charge in [0, 0.05) is 5.56 Å². The van der Waals surface area contributed by atoms with Gasteiger partial charge in [-0.1, -0.05) is 29.3 Å². The van der Waals surface area contributed by atoms with Crippen molar-refractivity contribution in [3.63, 3.8) is 0 Å². The normalized spacial score (nSPS) is 15.1. The Labute approximate surface area is 129 Å². The number of aliphatic imine (C=N–C) groups is 1. The predicted octanol–water partition coefficient (Wildman–Crippen LogP) is 4.26. The molecule has 0 N–H and O–H groups in total. The average Bonchev–Trinajstić information content (AvgIpc) is 3.04. The van der Waals surface area contributed by atoms with Crippen LogP contribution < -0.4 is 0 Å². The summed E-state index contributed by atoms with van der Waals surface area (Å²) in [6, 6.07) is 10.8. The second kappa shape index (κ2) is 4.61. The van der Waals surface area contributed by atoms with Crippen LogP contribution in [0.1, 0.15) is 21.6 Å². The summed E-state index contributed by atoms with van der Waals surface area (Å²) in [7, 11) is 0. The summed E-state index contributed by atoms with van der Waals surface area (Å²) in [6.07, 6.45) is 0. The molecule has 0 radical (unpaired) electrons. The molecular weight excluding hydrogens is 313 g/mol. The van der Waals surface area contributed by atoms with E-state index in [9.17, 15) is 0 Å². The third-order valence-corrected chi connectivity index (χ3v) is 4.64. The number of nitrogens with zero attached hydrogens (tertiary/aromatic N) is 3. The molecule has 0 unspecified atom stereocenters. The van der Waals surface area contributed by atoms with Crippen LogP contribution in [0, 0.1) is 22.7 Å². The van der Waals surface area contributed by atoms with E-state index in [0.29, 0.717) is 17.0 Å². The molecule has 2 aromatic rings. The van der Waals surface area contributed by atoms with Crippen LogP contribution >= 0.6 is 34.5 Å². The van der Waals surface area contributed by atoms with E-state index in [-0.39, 0.29) is 11.1 Å². The Morgan fingerprint density at radius 3 is 2.45 bits per heavy atom. The van der Waals surface area contributed by atoms with Crippen molar-refractivity contribution in [2.45, 2.75) is 4.33 Å². The van der Waals surface area contributed by atoms with Gasteiger partial charge in [-0.3, -0.25) is 0 Å². The molecule has 0 amide bonds. The number of rotatable bonds is 1. The largest absolute Gasteiger partial charge is 0.248 e. The van der Waals surface area contributed by atoms with Gasteiger partial charge in [0.25, 0.3) is 0 Å². The van der Waals surface area contributed by atoms with E-state index in [4.69, 9.17) is 33.7 Å². The van der Waals surface area contributed by atoms with Crippen molar-refractivity contribution in [3.8, 4) is 12.1 Å². The zero-order valence-corrected chi connectivity index (χ0v) is 12.2. The molecule has 1 aliphatic heterocycles. The molecule has 3 nitrogen and oxygen atoms in total. The van der Waals surface area contributed by atoms with Gasteiger partial charge in [0.2, 0.25) is 0 Å². The number of benzene rings is 1. The number of hydrogen-bond donors (Lipinski definition) is 0.